The van der Waals surface area contributed by atoms with E-state index in [1.54, 1.807) is 0 Å². The van der Waals surface area contributed by atoms with Gasteiger partial charge < -0.3 is 0 Å². The van der Waals surface area contributed by atoms with Crippen LogP contribution in [0, 0.1) is 0 Å². The Balaban J connectivity index is 2.46. The number of nitrogens with two attached hydrogens (primary N) is 1. The molecule has 0 aliphatic carbocycles. The molecule has 0 aliphatic heterocycles. The molecule has 0 bridgehead atoms. The van der Waals surface area contributed by atoms with E-state index in [0.29, 0.717) is 5.01 Å². The zero-order chi connectivity index (χ0) is 10.4. The quantitative estimate of drug-likeness (QED) is 0.348. The number of carbonyl (C=O) groups excluding carboxylic acids is 1. The van der Waals surface area contributed by atoms with Crippen molar-refractivity contribution in [2.24, 2.45) is 5.84 Å². The lowest BCUT2D eigenvalue weighted by Gasteiger charge is -1.94. The Hall–Kier alpha value is -0.590. The molecule has 78 valence electrons. The fourth-order valence-corrected chi connectivity index (χ4v) is 2.48. The summed E-state index contributed by atoms with van der Waals surface area (Å²) in [6, 6.07) is 0. The predicted octanol–water partition coefficient (Wildman–Crippen LogP) is 1.39. The predicted molar refractivity (Wildman–Crippen MR) is 60.2 cm³/mol. The van der Waals surface area contributed by atoms with Gasteiger partial charge in [-0.25, -0.2) is 10.8 Å². The SMILES string of the molecule is CCCSCc1csc(C(=O)NN)n1. The zero-order valence-corrected chi connectivity index (χ0v) is 9.58. The Morgan fingerprint density at radius 1 is 1.79 bits per heavy atom. The third-order valence-corrected chi connectivity index (χ3v) is 3.56. The molecule has 0 saturated carbocycles. The second kappa shape index (κ2) is 6.00. The third kappa shape index (κ3) is 3.28. The molecule has 0 saturated heterocycles. The lowest BCUT2D eigenvalue weighted by atomic mass is 10.5. The van der Waals surface area contributed by atoms with Crippen LogP contribution in [0.25, 0.3) is 0 Å². The lowest BCUT2D eigenvalue weighted by Crippen LogP contribution is -2.29. The van der Waals surface area contributed by atoms with Gasteiger partial charge in [0.15, 0.2) is 5.01 Å². The van der Waals surface area contributed by atoms with Crippen molar-refractivity contribution in [1.82, 2.24) is 10.4 Å². The molecule has 6 heteroatoms. The fraction of sp³-hybridized carbons (Fsp3) is 0.500. The number of aromatic nitrogens is 1. The lowest BCUT2D eigenvalue weighted by molar-refractivity contribution is 0.0953. The Morgan fingerprint density at radius 2 is 2.57 bits per heavy atom. The molecule has 0 unspecified atom stereocenters. The first-order chi connectivity index (χ1) is 6.77. The van der Waals surface area contributed by atoms with E-state index in [-0.39, 0.29) is 5.91 Å². The molecule has 0 aromatic carbocycles. The van der Waals surface area contributed by atoms with Crippen LogP contribution in [0.2, 0.25) is 0 Å². The standard InChI is InChI=1S/C8H13N3OS2/c1-2-3-13-4-6-5-14-8(10-6)7(12)11-9/h5H,2-4,9H2,1H3,(H,11,12). The van der Waals surface area contributed by atoms with Gasteiger partial charge in [-0.1, -0.05) is 6.92 Å². The topological polar surface area (TPSA) is 68.0 Å². The van der Waals surface area contributed by atoms with Crippen LogP contribution in [0.3, 0.4) is 0 Å². The van der Waals surface area contributed by atoms with E-state index in [1.165, 1.54) is 11.3 Å². The van der Waals surface area contributed by atoms with Gasteiger partial charge in [0.05, 0.1) is 5.69 Å². The molecular formula is C8H13N3OS2. The molecule has 1 aromatic heterocycles. The van der Waals surface area contributed by atoms with Gasteiger partial charge in [0.25, 0.3) is 5.91 Å². The molecule has 14 heavy (non-hydrogen) atoms. The first-order valence-electron chi connectivity index (χ1n) is 4.31. The number of hydrogen-bond donors (Lipinski definition) is 2. The molecule has 0 radical (unpaired) electrons. The highest BCUT2D eigenvalue weighted by molar-refractivity contribution is 7.98. The first kappa shape index (κ1) is 11.5. The first-order valence-corrected chi connectivity index (χ1v) is 6.34. The molecule has 0 fully saturated rings. The van der Waals surface area contributed by atoms with E-state index < -0.39 is 0 Å². The zero-order valence-electron chi connectivity index (χ0n) is 7.95. The summed E-state index contributed by atoms with van der Waals surface area (Å²) in [4.78, 5) is 15.2. The van der Waals surface area contributed by atoms with Crippen LogP contribution in [0.15, 0.2) is 5.38 Å². The minimum absolute atomic E-state index is 0.318. The minimum atomic E-state index is -0.318. The van der Waals surface area contributed by atoms with Crippen LogP contribution < -0.4 is 11.3 Å². The smallest absolute Gasteiger partial charge is 0.288 e. The molecule has 1 heterocycles. The van der Waals surface area contributed by atoms with E-state index in [2.05, 4.69) is 17.3 Å². The van der Waals surface area contributed by atoms with Crippen LogP contribution >= 0.6 is 23.1 Å². The fourth-order valence-electron chi connectivity index (χ4n) is 0.860. The van der Waals surface area contributed by atoms with Gasteiger partial charge in [-0.2, -0.15) is 11.8 Å². The normalized spacial score (nSPS) is 10.1. The van der Waals surface area contributed by atoms with Crippen LogP contribution in [0.4, 0.5) is 0 Å². The number of thioether (sulfide) groups is 1. The van der Waals surface area contributed by atoms with Crippen molar-refractivity contribution >= 4 is 29.0 Å². The number of nitrogens with zero attached hydrogens (tertiary/aromatic N) is 1. The molecule has 3 N–H and O–H groups in total. The van der Waals surface area contributed by atoms with E-state index in [9.17, 15) is 4.79 Å². The molecule has 0 atom stereocenters. The summed E-state index contributed by atoms with van der Waals surface area (Å²) in [5.41, 5.74) is 3.02. The summed E-state index contributed by atoms with van der Waals surface area (Å²) in [7, 11) is 0. The van der Waals surface area contributed by atoms with Crippen molar-refractivity contribution < 1.29 is 4.79 Å². The van der Waals surface area contributed by atoms with Gasteiger partial charge in [-0.3, -0.25) is 10.2 Å². The number of amides is 1. The van der Waals surface area contributed by atoms with Crippen molar-refractivity contribution in [2.45, 2.75) is 19.1 Å². The third-order valence-electron chi connectivity index (χ3n) is 1.48. The average Bonchev–Trinajstić information content (AvgIpc) is 2.66. The Bertz CT molecular complexity index is 301. The van der Waals surface area contributed by atoms with E-state index >= 15 is 0 Å². The average molecular weight is 231 g/mol. The number of rotatable bonds is 5. The number of nitrogen functional groups attached to an aromatic ring is 1. The maximum Gasteiger partial charge on any atom is 0.294 e. The molecule has 1 rings (SSSR count). The van der Waals surface area contributed by atoms with Crippen molar-refractivity contribution in [3.05, 3.63) is 16.1 Å². The van der Waals surface area contributed by atoms with Gasteiger partial charge in [-0.15, -0.1) is 11.3 Å². The highest BCUT2D eigenvalue weighted by Crippen LogP contribution is 2.16. The van der Waals surface area contributed by atoms with Crippen LogP contribution in [-0.2, 0) is 5.75 Å². The van der Waals surface area contributed by atoms with Crippen molar-refractivity contribution in [3.8, 4) is 0 Å². The molecule has 0 aliphatic rings. The highest BCUT2D eigenvalue weighted by atomic mass is 32.2. The second-order valence-corrected chi connectivity index (χ2v) is 4.63. The number of carbonyl (C=O) groups is 1. The summed E-state index contributed by atoms with van der Waals surface area (Å²) in [5.74, 6) is 6.66. The van der Waals surface area contributed by atoms with Gasteiger partial charge in [-0.05, 0) is 12.2 Å². The molecular weight excluding hydrogens is 218 g/mol. The second-order valence-electron chi connectivity index (χ2n) is 2.67. The molecule has 1 aromatic rings. The number of nitrogens with one attached hydrogen (secondary N) is 1. The van der Waals surface area contributed by atoms with Gasteiger partial charge >= 0.3 is 0 Å². The van der Waals surface area contributed by atoms with E-state index in [1.807, 2.05) is 17.1 Å². The summed E-state index contributed by atoms with van der Waals surface area (Å²) in [6.45, 7) is 2.14. The van der Waals surface area contributed by atoms with Gasteiger partial charge in [0.2, 0.25) is 0 Å². The van der Waals surface area contributed by atoms with Crippen LogP contribution in [0.5, 0.6) is 0 Å². The van der Waals surface area contributed by atoms with Gasteiger partial charge in [0.1, 0.15) is 0 Å². The van der Waals surface area contributed by atoms with Crippen molar-refractivity contribution in [1.29, 1.82) is 0 Å². The highest BCUT2D eigenvalue weighted by Gasteiger charge is 2.08. The minimum Gasteiger partial charge on any atom is -0.288 e. The summed E-state index contributed by atoms with van der Waals surface area (Å²) in [6.07, 6.45) is 1.16. The van der Waals surface area contributed by atoms with Gasteiger partial charge in [0, 0.05) is 11.1 Å². The van der Waals surface area contributed by atoms with Crippen molar-refractivity contribution in [2.75, 3.05) is 5.75 Å². The summed E-state index contributed by atoms with van der Waals surface area (Å²) in [5, 5.41) is 2.33. The van der Waals surface area contributed by atoms with Crippen LogP contribution in [-0.4, -0.2) is 16.6 Å². The maximum absolute atomic E-state index is 11.1. The monoisotopic (exact) mass is 231 g/mol. The molecule has 0 spiro atoms. The molecule has 4 nitrogen and oxygen atoms in total. The Morgan fingerprint density at radius 3 is 3.21 bits per heavy atom. The summed E-state index contributed by atoms with van der Waals surface area (Å²) >= 11 is 3.14. The number of thiazole rings is 1. The Kier molecular flexibility index (Phi) is 4.92. The van der Waals surface area contributed by atoms with E-state index in [0.717, 1.165) is 23.6 Å². The number of hydrazine groups is 1. The van der Waals surface area contributed by atoms with E-state index in [4.69, 9.17) is 5.84 Å². The largest absolute Gasteiger partial charge is 0.294 e. The maximum atomic E-state index is 11.1. The van der Waals surface area contributed by atoms with Crippen LogP contribution in [0.1, 0.15) is 28.8 Å². The summed E-state index contributed by atoms with van der Waals surface area (Å²) < 4.78 is 0. The molecule has 1 amide bonds. The van der Waals surface area contributed by atoms with Crippen molar-refractivity contribution in [3.63, 3.8) is 0 Å². The number of hydrogen-bond acceptors (Lipinski definition) is 5. The Labute approximate surface area is 91.3 Å².